The number of nitrogens with one attached hydrogen (secondary N) is 1. The van der Waals surface area contributed by atoms with Crippen molar-refractivity contribution in [3.05, 3.63) is 17.0 Å². The lowest BCUT2D eigenvalue weighted by Gasteiger charge is -2.45. The SMILES string of the molecule is CCc1noc(C)c1CN1CCNCCC12CCOCC2. The van der Waals surface area contributed by atoms with Gasteiger partial charge in [0.1, 0.15) is 5.76 Å². The highest BCUT2D eigenvalue weighted by atomic mass is 16.5. The standard InChI is InChI=1S/C16H27N3O2/c1-3-15-14(13(2)21-18-15)12-19-9-8-17-7-4-16(19)5-10-20-11-6-16/h17H,3-12H2,1-2H3. The molecule has 21 heavy (non-hydrogen) atoms. The van der Waals surface area contributed by atoms with Crippen LogP contribution >= 0.6 is 0 Å². The highest BCUT2D eigenvalue weighted by Crippen LogP contribution is 2.34. The molecule has 2 aliphatic rings. The lowest BCUT2D eigenvalue weighted by Crippen LogP contribution is -2.52. The number of aryl methyl sites for hydroxylation is 2. The van der Waals surface area contributed by atoms with Crippen LogP contribution in [0.2, 0.25) is 0 Å². The molecule has 0 unspecified atom stereocenters. The van der Waals surface area contributed by atoms with Gasteiger partial charge in [-0.2, -0.15) is 0 Å². The molecule has 0 saturated carbocycles. The summed E-state index contributed by atoms with van der Waals surface area (Å²) in [6.45, 7) is 10.2. The Hall–Kier alpha value is -0.910. The topological polar surface area (TPSA) is 50.5 Å². The molecule has 1 aromatic rings. The molecule has 0 radical (unpaired) electrons. The zero-order valence-electron chi connectivity index (χ0n) is 13.3. The van der Waals surface area contributed by atoms with Crippen LogP contribution in [0.4, 0.5) is 0 Å². The molecule has 0 aliphatic carbocycles. The van der Waals surface area contributed by atoms with Gasteiger partial charge in [0.05, 0.1) is 5.69 Å². The number of hydrogen-bond donors (Lipinski definition) is 1. The summed E-state index contributed by atoms with van der Waals surface area (Å²) in [4.78, 5) is 2.66. The second-order valence-electron chi connectivity index (χ2n) is 6.28. The summed E-state index contributed by atoms with van der Waals surface area (Å²) < 4.78 is 11.0. The average Bonchev–Trinajstić information content (AvgIpc) is 2.75. The van der Waals surface area contributed by atoms with Crippen molar-refractivity contribution in [2.75, 3.05) is 32.8 Å². The molecule has 118 valence electrons. The highest BCUT2D eigenvalue weighted by Gasteiger charge is 2.39. The van der Waals surface area contributed by atoms with Crippen molar-refractivity contribution in [1.29, 1.82) is 0 Å². The number of hydrogen-bond acceptors (Lipinski definition) is 5. The maximum absolute atomic E-state index is 5.61. The molecule has 0 amide bonds. The zero-order chi connectivity index (χ0) is 14.7. The molecule has 3 rings (SSSR count). The van der Waals surface area contributed by atoms with Crippen molar-refractivity contribution in [3.63, 3.8) is 0 Å². The first-order valence-corrected chi connectivity index (χ1v) is 8.23. The predicted molar refractivity (Wildman–Crippen MR) is 81.3 cm³/mol. The molecule has 5 heteroatoms. The average molecular weight is 293 g/mol. The van der Waals surface area contributed by atoms with Crippen molar-refractivity contribution in [2.45, 2.75) is 51.6 Å². The quantitative estimate of drug-likeness (QED) is 0.922. The van der Waals surface area contributed by atoms with Crippen LogP contribution in [0.3, 0.4) is 0 Å². The van der Waals surface area contributed by atoms with Gasteiger partial charge in [0.15, 0.2) is 0 Å². The lowest BCUT2D eigenvalue weighted by molar-refractivity contribution is -0.0310. The van der Waals surface area contributed by atoms with Gasteiger partial charge in [-0.3, -0.25) is 4.90 Å². The van der Waals surface area contributed by atoms with Crippen molar-refractivity contribution in [3.8, 4) is 0 Å². The minimum absolute atomic E-state index is 0.288. The van der Waals surface area contributed by atoms with Crippen LogP contribution in [0.5, 0.6) is 0 Å². The summed E-state index contributed by atoms with van der Waals surface area (Å²) in [6, 6.07) is 0. The molecule has 0 bridgehead atoms. The molecule has 2 saturated heterocycles. The largest absolute Gasteiger partial charge is 0.381 e. The molecule has 3 heterocycles. The number of nitrogens with zero attached hydrogens (tertiary/aromatic N) is 2. The minimum Gasteiger partial charge on any atom is -0.381 e. The summed E-state index contributed by atoms with van der Waals surface area (Å²) in [6.07, 6.45) is 4.43. The molecule has 1 aromatic heterocycles. The van der Waals surface area contributed by atoms with Gasteiger partial charge in [-0.1, -0.05) is 12.1 Å². The summed E-state index contributed by atoms with van der Waals surface area (Å²) in [5.41, 5.74) is 2.70. The third-order valence-electron chi connectivity index (χ3n) is 5.17. The monoisotopic (exact) mass is 293 g/mol. The van der Waals surface area contributed by atoms with Crippen LogP contribution < -0.4 is 5.32 Å². The van der Waals surface area contributed by atoms with E-state index in [9.17, 15) is 0 Å². The molecule has 1 spiro atoms. The van der Waals surface area contributed by atoms with E-state index in [1.807, 2.05) is 6.92 Å². The van der Waals surface area contributed by atoms with Gasteiger partial charge in [0.25, 0.3) is 0 Å². The Balaban J connectivity index is 1.84. The lowest BCUT2D eigenvalue weighted by atomic mass is 9.84. The van der Waals surface area contributed by atoms with Crippen molar-refractivity contribution in [1.82, 2.24) is 15.4 Å². The van der Waals surface area contributed by atoms with Gasteiger partial charge < -0.3 is 14.6 Å². The maximum Gasteiger partial charge on any atom is 0.138 e. The second-order valence-corrected chi connectivity index (χ2v) is 6.28. The van der Waals surface area contributed by atoms with E-state index in [1.165, 1.54) is 12.0 Å². The van der Waals surface area contributed by atoms with Gasteiger partial charge in [0.2, 0.25) is 0 Å². The maximum atomic E-state index is 5.61. The Morgan fingerprint density at radius 1 is 1.24 bits per heavy atom. The number of aromatic nitrogens is 1. The fraction of sp³-hybridized carbons (Fsp3) is 0.812. The first-order valence-electron chi connectivity index (χ1n) is 8.23. The third kappa shape index (κ3) is 3.00. The van der Waals surface area contributed by atoms with E-state index in [4.69, 9.17) is 9.26 Å². The third-order valence-corrected chi connectivity index (χ3v) is 5.17. The van der Waals surface area contributed by atoms with Crippen LogP contribution in [0, 0.1) is 6.92 Å². The number of rotatable bonds is 3. The normalized spacial score (nSPS) is 23.3. The van der Waals surface area contributed by atoms with E-state index in [1.54, 1.807) is 0 Å². The van der Waals surface area contributed by atoms with E-state index in [-0.39, 0.29) is 5.54 Å². The Morgan fingerprint density at radius 2 is 2.05 bits per heavy atom. The van der Waals surface area contributed by atoms with E-state index in [0.717, 1.165) is 70.1 Å². The van der Waals surface area contributed by atoms with E-state index in [2.05, 4.69) is 22.3 Å². The summed E-state index contributed by atoms with van der Waals surface area (Å²) in [5.74, 6) is 0.978. The summed E-state index contributed by atoms with van der Waals surface area (Å²) in [5, 5.41) is 7.76. The Morgan fingerprint density at radius 3 is 2.81 bits per heavy atom. The predicted octanol–water partition coefficient (Wildman–Crippen LogP) is 1.89. The van der Waals surface area contributed by atoms with Gasteiger partial charge in [-0.05, 0) is 39.2 Å². The Labute approximate surface area is 127 Å². The van der Waals surface area contributed by atoms with Crippen molar-refractivity contribution in [2.24, 2.45) is 0 Å². The molecular weight excluding hydrogens is 266 g/mol. The fourth-order valence-electron chi connectivity index (χ4n) is 3.73. The van der Waals surface area contributed by atoms with Crippen LogP contribution in [0.25, 0.3) is 0 Å². The van der Waals surface area contributed by atoms with Crippen LogP contribution in [-0.4, -0.2) is 48.4 Å². The molecule has 5 nitrogen and oxygen atoms in total. The van der Waals surface area contributed by atoms with Crippen molar-refractivity contribution < 1.29 is 9.26 Å². The molecular formula is C16H27N3O2. The van der Waals surface area contributed by atoms with Crippen molar-refractivity contribution >= 4 is 0 Å². The Kier molecular flexibility index (Phi) is 4.62. The summed E-state index contributed by atoms with van der Waals surface area (Å²) in [7, 11) is 0. The van der Waals surface area contributed by atoms with Crippen LogP contribution in [-0.2, 0) is 17.7 Å². The minimum atomic E-state index is 0.288. The second kappa shape index (κ2) is 6.46. The first kappa shape index (κ1) is 15.0. The van der Waals surface area contributed by atoms with E-state index < -0.39 is 0 Å². The molecule has 2 fully saturated rings. The highest BCUT2D eigenvalue weighted by molar-refractivity contribution is 5.22. The van der Waals surface area contributed by atoms with E-state index >= 15 is 0 Å². The molecule has 0 atom stereocenters. The fourth-order valence-corrected chi connectivity index (χ4v) is 3.73. The van der Waals surface area contributed by atoms with Gasteiger partial charge in [0, 0.05) is 44.0 Å². The number of ether oxygens (including phenoxy) is 1. The summed E-state index contributed by atoms with van der Waals surface area (Å²) >= 11 is 0. The zero-order valence-corrected chi connectivity index (χ0v) is 13.3. The van der Waals surface area contributed by atoms with Crippen LogP contribution in [0.15, 0.2) is 4.52 Å². The van der Waals surface area contributed by atoms with Gasteiger partial charge in [-0.15, -0.1) is 0 Å². The van der Waals surface area contributed by atoms with Crippen LogP contribution in [0.1, 0.15) is 43.2 Å². The molecule has 0 aromatic carbocycles. The molecule has 2 aliphatic heterocycles. The van der Waals surface area contributed by atoms with E-state index in [0.29, 0.717) is 0 Å². The molecule has 1 N–H and O–H groups in total. The smallest absolute Gasteiger partial charge is 0.138 e. The van der Waals surface area contributed by atoms with Gasteiger partial charge >= 0.3 is 0 Å². The first-order chi connectivity index (χ1) is 10.2. The Bertz CT molecular complexity index is 466. The van der Waals surface area contributed by atoms with Gasteiger partial charge in [-0.25, -0.2) is 0 Å².